The van der Waals surface area contributed by atoms with Gasteiger partial charge < -0.3 is 5.11 Å². The first-order valence-corrected chi connectivity index (χ1v) is 6.09. The van der Waals surface area contributed by atoms with Gasteiger partial charge in [-0.3, -0.25) is 0 Å². The summed E-state index contributed by atoms with van der Waals surface area (Å²) in [5, 5.41) is 9.04. The van der Waals surface area contributed by atoms with Gasteiger partial charge in [-0.1, -0.05) is 0 Å². The van der Waals surface area contributed by atoms with Crippen LogP contribution in [0.3, 0.4) is 0 Å². The van der Waals surface area contributed by atoms with E-state index >= 15 is 0 Å². The van der Waals surface area contributed by atoms with Gasteiger partial charge in [0.25, 0.3) is 0 Å². The second kappa shape index (κ2) is 4.97. The molecular weight excluding hydrogens is 221 g/mol. The van der Waals surface area contributed by atoms with Crippen LogP contribution in [0.1, 0.15) is 19.3 Å². The topological polar surface area (TPSA) is 54.4 Å². The summed E-state index contributed by atoms with van der Waals surface area (Å²) in [6.07, 6.45) is -5.90. The summed E-state index contributed by atoms with van der Waals surface area (Å²) in [4.78, 5) is 0. The van der Waals surface area contributed by atoms with Crippen molar-refractivity contribution in [2.24, 2.45) is 0 Å². The van der Waals surface area contributed by atoms with Gasteiger partial charge in [0.1, 0.15) is 9.84 Å². The van der Waals surface area contributed by atoms with Crippen molar-refractivity contribution in [1.82, 2.24) is 0 Å². The number of rotatable bonds is 5. The second-order valence-electron chi connectivity index (χ2n) is 3.25. The van der Waals surface area contributed by atoms with Crippen LogP contribution in [-0.4, -0.2) is 37.8 Å². The molecule has 0 aromatic carbocycles. The van der Waals surface area contributed by atoms with Gasteiger partial charge in [-0.2, -0.15) is 13.2 Å². The highest BCUT2D eigenvalue weighted by Gasteiger charge is 2.26. The lowest BCUT2D eigenvalue weighted by molar-refractivity contribution is -0.136. The molecular formula is C7H13F3O3S. The van der Waals surface area contributed by atoms with Gasteiger partial charge in [0.2, 0.25) is 0 Å². The highest BCUT2D eigenvalue weighted by molar-refractivity contribution is 7.90. The summed E-state index contributed by atoms with van der Waals surface area (Å²) in [5.74, 6) is -0.481. The molecule has 0 aromatic heterocycles. The first kappa shape index (κ1) is 13.7. The van der Waals surface area contributed by atoms with E-state index in [0.717, 1.165) is 6.26 Å². The maximum Gasteiger partial charge on any atom is 0.389 e. The van der Waals surface area contributed by atoms with Gasteiger partial charge in [-0.05, 0) is 12.8 Å². The zero-order valence-electron chi connectivity index (χ0n) is 7.71. The molecule has 1 unspecified atom stereocenters. The standard InChI is InChI=1S/C7H13F3O3S/c1-14(12,13)5-6(11)3-2-4-7(8,9)10/h6,11H,2-5H2,1H3. The molecule has 0 rings (SSSR count). The van der Waals surface area contributed by atoms with Gasteiger partial charge in [0.15, 0.2) is 0 Å². The molecule has 0 aliphatic heterocycles. The van der Waals surface area contributed by atoms with Crippen LogP contribution in [0.15, 0.2) is 0 Å². The Balaban J connectivity index is 3.71. The maximum atomic E-state index is 11.6. The number of halogens is 3. The Morgan fingerprint density at radius 3 is 2.21 bits per heavy atom. The quantitative estimate of drug-likeness (QED) is 0.775. The summed E-state index contributed by atoms with van der Waals surface area (Å²) in [5.41, 5.74) is 0. The molecule has 0 bridgehead atoms. The molecule has 1 N–H and O–H groups in total. The molecule has 0 amide bonds. The van der Waals surface area contributed by atoms with Crippen LogP contribution in [-0.2, 0) is 9.84 Å². The minimum Gasteiger partial charge on any atom is -0.392 e. The van der Waals surface area contributed by atoms with Crippen molar-refractivity contribution in [3.63, 3.8) is 0 Å². The maximum absolute atomic E-state index is 11.6. The molecule has 0 spiro atoms. The molecule has 0 heterocycles. The Morgan fingerprint density at radius 1 is 1.36 bits per heavy atom. The summed E-state index contributed by atoms with van der Waals surface area (Å²) >= 11 is 0. The minimum absolute atomic E-state index is 0.146. The van der Waals surface area contributed by atoms with Crippen molar-refractivity contribution in [3.8, 4) is 0 Å². The molecule has 1 atom stereocenters. The third kappa shape index (κ3) is 9.79. The van der Waals surface area contributed by atoms with Crippen LogP contribution in [0, 0.1) is 0 Å². The third-order valence-corrected chi connectivity index (χ3v) is 2.48. The number of alkyl halides is 3. The first-order valence-electron chi connectivity index (χ1n) is 4.03. The lowest BCUT2D eigenvalue weighted by Crippen LogP contribution is -2.20. The molecule has 0 saturated heterocycles. The lowest BCUT2D eigenvalue weighted by atomic mass is 10.2. The van der Waals surface area contributed by atoms with Gasteiger partial charge in [0.05, 0.1) is 11.9 Å². The molecule has 86 valence electrons. The van der Waals surface area contributed by atoms with Crippen molar-refractivity contribution in [2.75, 3.05) is 12.0 Å². The molecule has 0 fully saturated rings. The number of hydrogen-bond acceptors (Lipinski definition) is 3. The summed E-state index contributed by atoms with van der Waals surface area (Å²) in [6.45, 7) is 0. The molecule has 0 radical (unpaired) electrons. The van der Waals surface area contributed by atoms with Crippen molar-refractivity contribution in [2.45, 2.75) is 31.5 Å². The van der Waals surface area contributed by atoms with E-state index in [0.29, 0.717) is 0 Å². The van der Waals surface area contributed by atoms with Crippen molar-refractivity contribution < 1.29 is 26.7 Å². The van der Waals surface area contributed by atoms with E-state index in [1.54, 1.807) is 0 Å². The van der Waals surface area contributed by atoms with Crippen LogP contribution in [0.25, 0.3) is 0 Å². The van der Waals surface area contributed by atoms with Crippen molar-refractivity contribution in [1.29, 1.82) is 0 Å². The van der Waals surface area contributed by atoms with E-state index in [-0.39, 0.29) is 12.8 Å². The van der Waals surface area contributed by atoms with E-state index < -0.39 is 34.3 Å². The zero-order valence-corrected chi connectivity index (χ0v) is 8.53. The Kier molecular flexibility index (Phi) is 4.87. The van der Waals surface area contributed by atoms with Crippen LogP contribution < -0.4 is 0 Å². The van der Waals surface area contributed by atoms with E-state index in [2.05, 4.69) is 0 Å². The van der Waals surface area contributed by atoms with Gasteiger partial charge in [0, 0.05) is 12.7 Å². The Hall–Kier alpha value is -0.300. The highest BCUT2D eigenvalue weighted by Crippen LogP contribution is 2.22. The molecule has 0 saturated carbocycles. The van der Waals surface area contributed by atoms with Gasteiger partial charge in [-0.25, -0.2) is 8.42 Å². The summed E-state index contributed by atoms with van der Waals surface area (Å²) < 4.78 is 56.2. The Morgan fingerprint density at radius 2 is 1.86 bits per heavy atom. The SMILES string of the molecule is CS(=O)(=O)CC(O)CCCC(F)(F)F. The average molecular weight is 234 g/mol. The molecule has 0 aromatic rings. The van der Waals surface area contributed by atoms with Crippen molar-refractivity contribution >= 4 is 9.84 Å². The lowest BCUT2D eigenvalue weighted by Gasteiger charge is -2.10. The van der Waals surface area contributed by atoms with Gasteiger partial charge in [-0.15, -0.1) is 0 Å². The van der Waals surface area contributed by atoms with E-state index in [1.165, 1.54) is 0 Å². The Bertz CT molecular complexity index is 258. The first-order chi connectivity index (χ1) is 6.10. The number of hydrogen-bond donors (Lipinski definition) is 1. The van der Waals surface area contributed by atoms with Crippen molar-refractivity contribution in [3.05, 3.63) is 0 Å². The minimum atomic E-state index is -4.25. The van der Waals surface area contributed by atoms with Crippen LogP contribution in [0.5, 0.6) is 0 Å². The smallest absolute Gasteiger partial charge is 0.389 e. The molecule has 3 nitrogen and oxygen atoms in total. The molecule has 0 aliphatic rings. The fourth-order valence-corrected chi connectivity index (χ4v) is 1.84. The fourth-order valence-electron chi connectivity index (χ4n) is 0.971. The van der Waals surface area contributed by atoms with Gasteiger partial charge >= 0.3 is 6.18 Å². The summed E-state index contributed by atoms with van der Waals surface area (Å²) in [7, 11) is -3.32. The molecule has 0 aliphatic carbocycles. The predicted molar refractivity (Wildman–Crippen MR) is 45.6 cm³/mol. The average Bonchev–Trinajstić information content (AvgIpc) is 1.78. The highest BCUT2D eigenvalue weighted by atomic mass is 32.2. The van der Waals surface area contributed by atoms with E-state index in [1.807, 2.05) is 0 Å². The molecule has 7 heteroatoms. The van der Waals surface area contributed by atoms with E-state index in [9.17, 15) is 21.6 Å². The number of aliphatic hydroxyl groups excluding tert-OH is 1. The third-order valence-electron chi connectivity index (χ3n) is 1.49. The monoisotopic (exact) mass is 234 g/mol. The normalized spacial score (nSPS) is 15.5. The second-order valence-corrected chi connectivity index (χ2v) is 5.44. The number of aliphatic hydroxyl groups is 1. The largest absolute Gasteiger partial charge is 0.392 e. The predicted octanol–water partition coefficient (Wildman–Crippen LogP) is 1.12. The number of sulfone groups is 1. The fraction of sp³-hybridized carbons (Fsp3) is 1.00. The van der Waals surface area contributed by atoms with Crippen LogP contribution in [0.2, 0.25) is 0 Å². The van der Waals surface area contributed by atoms with Crippen LogP contribution >= 0.6 is 0 Å². The van der Waals surface area contributed by atoms with Crippen LogP contribution in [0.4, 0.5) is 13.2 Å². The zero-order chi connectivity index (χ0) is 11.4. The summed E-state index contributed by atoms with van der Waals surface area (Å²) in [6, 6.07) is 0. The Labute approximate surface area is 80.8 Å². The molecule has 14 heavy (non-hydrogen) atoms. The van der Waals surface area contributed by atoms with E-state index in [4.69, 9.17) is 5.11 Å².